The van der Waals surface area contributed by atoms with Gasteiger partial charge in [0.2, 0.25) is 10.0 Å². The number of aryl methyl sites for hydroxylation is 1. The molecule has 3 N–H and O–H groups in total. The van der Waals surface area contributed by atoms with Gasteiger partial charge in [-0.15, -0.1) is 0 Å². The number of carboxylic acid groups (broad SMARTS) is 1. The van der Waals surface area contributed by atoms with Crippen molar-refractivity contribution >= 4 is 16.0 Å². The second-order valence-corrected chi connectivity index (χ2v) is 5.67. The number of sulfonamides is 1. The highest BCUT2D eigenvalue weighted by molar-refractivity contribution is 7.89. The molecule has 0 fully saturated rings. The normalized spacial score (nSPS) is 13.2. The summed E-state index contributed by atoms with van der Waals surface area (Å²) < 4.78 is 26.4. The quantitative estimate of drug-likeness (QED) is 0.672. The van der Waals surface area contributed by atoms with Gasteiger partial charge in [-0.3, -0.25) is 4.79 Å². The van der Waals surface area contributed by atoms with Crippen LogP contribution in [0.25, 0.3) is 0 Å². The molecular formula is C12H17NO5S. The molecule has 0 aliphatic carbocycles. The van der Waals surface area contributed by atoms with Crippen LogP contribution in [0, 0.1) is 0 Å². The Balaban J connectivity index is 3.06. The van der Waals surface area contributed by atoms with E-state index in [1.54, 1.807) is 18.2 Å². The molecule has 0 saturated heterocycles. The third-order valence-corrected chi connectivity index (χ3v) is 4.23. The van der Waals surface area contributed by atoms with Crippen molar-refractivity contribution in [2.24, 2.45) is 0 Å². The number of aliphatic hydroxyl groups excluding tert-OH is 1. The molecule has 0 heterocycles. The van der Waals surface area contributed by atoms with Crippen LogP contribution in [-0.4, -0.2) is 37.2 Å². The third-order valence-electron chi connectivity index (χ3n) is 2.66. The Morgan fingerprint density at radius 1 is 1.37 bits per heavy atom. The molecule has 0 amide bonds. The number of rotatable bonds is 7. The summed E-state index contributed by atoms with van der Waals surface area (Å²) in [6.45, 7) is 1.41. The van der Waals surface area contributed by atoms with Gasteiger partial charge >= 0.3 is 5.97 Å². The van der Waals surface area contributed by atoms with Crippen molar-refractivity contribution in [3.63, 3.8) is 0 Å². The van der Waals surface area contributed by atoms with E-state index >= 15 is 0 Å². The van der Waals surface area contributed by atoms with Gasteiger partial charge in [0, 0.05) is 6.61 Å². The van der Waals surface area contributed by atoms with Crippen molar-refractivity contribution in [1.82, 2.24) is 4.72 Å². The van der Waals surface area contributed by atoms with Crippen molar-refractivity contribution in [2.45, 2.75) is 30.7 Å². The number of hydrogen-bond donors (Lipinski definition) is 3. The molecule has 1 unspecified atom stereocenters. The molecule has 19 heavy (non-hydrogen) atoms. The lowest BCUT2D eigenvalue weighted by molar-refractivity contribution is -0.139. The predicted octanol–water partition coefficient (Wildman–Crippen LogP) is 0.363. The van der Waals surface area contributed by atoms with Crippen molar-refractivity contribution in [3.8, 4) is 0 Å². The smallest absolute Gasteiger partial charge is 0.321 e. The zero-order chi connectivity index (χ0) is 14.5. The van der Waals surface area contributed by atoms with Gasteiger partial charge in [-0.05, 0) is 24.5 Å². The molecule has 0 aliphatic rings. The molecule has 106 valence electrons. The fourth-order valence-corrected chi connectivity index (χ4v) is 3.21. The Morgan fingerprint density at radius 2 is 2.00 bits per heavy atom. The first-order valence-corrected chi connectivity index (χ1v) is 7.34. The summed E-state index contributed by atoms with van der Waals surface area (Å²) >= 11 is 0. The average Bonchev–Trinajstić information content (AvgIpc) is 2.38. The highest BCUT2D eigenvalue weighted by atomic mass is 32.2. The number of carboxylic acids is 1. The third kappa shape index (κ3) is 4.02. The molecule has 6 nitrogen and oxygen atoms in total. The summed E-state index contributed by atoms with van der Waals surface area (Å²) in [6, 6.07) is 5.07. The molecule has 1 rings (SSSR count). The van der Waals surface area contributed by atoms with E-state index < -0.39 is 28.6 Å². The first-order valence-electron chi connectivity index (χ1n) is 5.86. The lowest BCUT2D eigenvalue weighted by atomic mass is 10.2. The first-order chi connectivity index (χ1) is 8.92. The zero-order valence-electron chi connectivity index (χ0n) is 10.5. The number of carbonyl (C=O) groups is 1. The monoisotopic (exact) mass is 287 g/mol. The Kier molecular flexibility index (Phi) is 5.46. The molecule has 7 heteroatoms. The van der Waals surface area contributed by atoms with E-state index in [1.165, 1.54) is 6.07 Å². The van der Waals surface area contributed by atoms with Gasteiger partial charge < -0.3 is 10.2 Å². The Bertz CT molecular complexity index is 541. The number of aliphatic carboxylic acids is 1. The Hall–Kier alpha value is -1.44. The van der Waals surface area contributed by atoms with Crippen LogP contribution in [-0.2, 0) is 21.2 Å². The number of hydrogen-bond acceptors (Lipinski definition) is 4. The van der Waals surface area contributed by atoms with E-state index in [0.29, 0.717) is 12.0 Å². The minimum absolute atomic E-state index is 0.0710. The highest BCUT2D eigenvalue weighted by Gasteiger charge is 2.26. The average molecular weight is 287 g/mol. The minimum Gasteiger partial charge on any atom is -0.480 e. The topological polar surface area (TPSA) is 104 Å². The molecule has 0 radical (unpaired) electrons. The summed E-state index contributed by atoms with van der Waals surface area (Å²) in [4.78, 5) is 11.0. The van der Waals surface area contributed by atoms with Gasteiger partial charge in [0.1, 0.15) is 6.04 Å². The van der Waals surface area contributed by atoms with Crippen LogP contribution >= 0.6 is 0 Å². The van der Waals surface area contributed by atoms with Crippen molar-refractivity contribution in [1.29, 1.82) is 0 Å². The van der Waals surface area contributed by atoms with Gasteiger partial charge in [0.05, 0.1) is 4.90 Å². The Labute approximate surface area is 112 Å². The van der Waals surface area contributed by atoms with Crippen molar-refractivity contribution in [2.75, 3.05) is 6.61 Å². The maximum Gasteiger partial charge on any atom is 0.321 e. The SMILES string of the molecule is CCc1ccccc1S(=O)(=O)NC(CCO)C(=O)O. The van der Waals surface area contributed by atoms with Gasteiger partial charge in [0.15, 0.2) is 0 Å². The fourth-order valence-electron chi connectivity index (χ4n) is 1.67. The molecule has 1 aromatic rings. The number of benzene rings is 1. The summed E-state index contributed by atoms with van der Waals surface area (Å²) in [5, 5.41) is 17.7. The largest absolute Gasteiger partial charge is 0.480 e. The Morgan fingerprint density at radius 3 is 2.53 bits per heavy atom. The summed E-state index contributed by atoms with van der Waals surface area (Å²) in [7, 11) is -3.91. The fraction of sp³-hybridized carbons (Fsp3) is 0.417. The highest BCUT2D eigenvalue weighted by Crippen LogP contribution is 2.16. The molecule has 1 aromatic carbocycles. The van der Waals surface area contributed by atoms with Crippen molar-refractivity contribution < 1.29 is 23.4 Å². The van der Waals surface area contributed by atoms with Crippen LogP contribution in [0.5, 0.6) is 0 Å². The second kappa shape index (κ2) is 6.65. The minimum atomic E-state index is -3.91. The molecule has 1 atom stereocenters. The standard InChI is InChI=1S/C12H17NO5S/c1-2-9-5-3-4-6-11(9)19(17,18)13-10(7-8-14)12(15)16/h3-6,10,13-14H,2,7-8H2,1H3,(H,15,16). The molecule has 0 spiro atoms. The second-order valence-electron chi connectivity index (χ2n) is 3.99. The van der Waals surface area contributed by atoms with Gasteiger partial charge in [-0.25, -0.2) is 8.42 Å². The molecule has 0 bridgehead atoms. The van der Waals surface area contributed by atoms with E-state index in [9.17, 15) is 13.2 Å². The van der Waals surface area contributed by atoms with E-state index in [2.05, 4.69) is 4.72 Å². The first kappa shape index (κ1) is 15.6. The lowest BCUT2D eigenvalue weighted by Crippen LogP contribution is -2.41. The molecule has 0 saturated carbocycles. The van der Waals surface area contributed by atoms with Crippen LogP contribution in [0.3, 0.4) is 0 Å². The predicted molar refractivity (Wildman–Crippen MR) is 69.3 cm³/mol. The van der Waals surface area contributed by atoms with Gasteiger partial charge in [-0.1, -0.05) is 25.1 Å². The lowest BCUT2D eigenvalue weighted by Gasteiger charge is -2.15. The van der Waals surface area contributed by atoms with E-state index in [-0.39, 0.29) is 11.3 Å². The van der Waals surface area contributed by atoms with E-state index in [1.807, 2.05) is 6.92 Å². The summed E-state index contributed by atoms with van der Waals surface area (Å²) in [6.07, 6.45) is 0.345. The van der Waals surface area contributed by atoms with Gasteiger partial charge in [-0.2, -0.15) is 4.72 Å². The van der Waals surface area contributed by atoms with E-state index in [4.69, 9.17) is 10.2 Å². The van der Waals surface area contributed by atoms with Crippen LogP contribution in [0.1, 0.15) is 18.9 Å². The number of nitrogens with one attached hydrogen (secondary N) is 1. The van der Waals surface area contributed by atoms with Crippen molar-refractivity contribution in [3.05, 3.63) is 29.8 Å². The van der Waals surface area contributed by atoms with Crippen LogP contribution in [0.2, 0.25) is 0 Å². The van der Waals surface area contributed by atoms with Crippen LogP contribution < -0.4 is 4.72 Å². The summed E-state index contributed by atoms with van der Waals surface area (Å²) in [5.41, 5.74) is 0.614. The maximum absolute atomic E-state index is 12.1. The molecular weight excluding hydrogens is 270 g/mol. The summed E-state index contributed by atoms with van der Waals surface area (Å²) in [5.74, 6) is -1.31. The van der Waals surface area contributed by atoms with Gasteiger partial charge in [0.25, 0.3) is 0 Å². The van der Waals surface area contributed by atoms with E-state index in [0.717, 1.165) is 0 Å². The maximum atomic E-state index is 12.1. The zero-order valence-corrected chi connectivity index (χ0v) is 11.4. The molecule has 0 aromatic heterocycles. The molecule has 0 aliphatic heterocycles. The van der Waals surface area contributed by atoms with Crippen LogP contribution in [0.4, 0.5) is 0 Å². The van der Waals surface area contributed by atoms with Crippen LogP contribution in [0.15, 0.2) is 29.2 Å². The number of aliphatic hydroxyl groups is 1.